The van der Waals surface area contributed by atoms with E-state index in [4.69, 9.17) is 4.74 Å². The molecule has 2 N–H and O–H groups in total. The first-order valence-electron chi connectivity index (χ1n) is 8.44. The molecule has 1 heterocycles. The second-order valence-electron chi connectivity index (χ2n) is 6.57. The van der Waals surface area contributed by atoms with Crippen molar-refractivity contribution in [3.05, 3.63) is 47.5 Å². The summed E-state index contributed by atoms with van der Waals surface area (Å²) < 4.78 is 5.36. The van der Waals surface area contributed by atoms with Crippen molar-refractivity contribution < 1.29 is 19.4 Å². The summed E-state index contributed by atoms with van der Waals surface area (Å²) in [5.74, 6) is 0.00677. The molecule has 2 aromatic carbocycles. The molecule has 0 bridgehead atoms. The number of aryl methyl sites for hydroxylation is 2. The minimum Gasteiger partial charge on any atom is -0.508 e. The third kappa shape index (κ3) is 3.49. The molecule has 3 rings (SSSR count). The molecule has 1 unspecified atom stereocenters. The van der Waals surface area contributed by atoms with E-state index in [1.54, 1.807) is 31.1 Å². The molecule has 6 nitrogen and oxygen atoms in total. The summed E-state index contributed by atoms with van der Waals surface area (Å²) >= 11 is 0. The Hall–Kier alpha value is -3.02. The Morgan fingerprint density at radius 3 is 2.69 bits per heavy atom. The zero-order valence-corrected chi connectivity index (χ0v) is 15.1. The van der Waals surface area contributed by atoms with Gasteiger partial charge in [0, 0.05) is 18.7 Å². The summed E-state index contributed by atoms with van der Waals surface area (Å²) in [6.07, 6.45) is 0.153. The molecule has 0 saturated carbocycles. The Morgan fingerprint density at radius 2 is 2.00 bits per heavy atom. The van der Waals surface area contributed by atoms with Crippen molar-refractivity contribution in [1.29, 1.82) is 0 Å². The highest BCUT2D eigenvalue weighted by Gasteiger charge is 2.36. The van der Waals surface area contributed by atoms with Crippen molar-refractivity contribution in [3.63, 3.8) is 0 Å². The van der Waals surface area contributed by atoms with Gasteiger partial charge in [0.1, 0.15) is 11.5 Å². The number of amides is 2. The average Bonchev–Trinajstić information content (AvgIpc) is 2.99. The van der Waals surface area contributed by atoms with Crippen LogP contribution >= 0.6 is 0 Å². The van der Waals surface area contributed by atoms with Gasteiger partial charge in [-0.15, -0.1) is 0 Å². The van der Waals surface area contributed by atoms with Gasteiger partial charge in [0.15, 0.2) is 0 Å². The number of nitrogens with zero attached hydrogens (tertiary/aromatic N) is 1. The monoisotopic (exact) mass is 354 g/mol. The first-order chi connectivity index (χ1) is 12.4. The summed E-state index contributed by atoms with van der Waals surface area (Å²) in [5.41, 5.74) is 3.10. The van der Waals surface area contributed by atoms with Crippen LogP contribution in [0.3, 0.4) is 0 Å². The van der Waals surface area contributed by atoms with Gasteiger partial charge in [-0.05, 0) is 55.3 Å². The molecule has 0 spiro atoms. The van der Waals surface area contributed by atoms with Gasteiger partial charge in [0.2, 0.25) is 11.8 Å². The van der Waals surface area contributed by atoms with E-state index in [1.807, 2.05) is 25.1 Å². The van der Waals surface area contributed by atoms with E-state index in [0.717, 1.165) is 11.1 Å². The number of carbonyl (C=O) groups excluding carboxylic acids is 2. The van der Waals surface area contributed by atoms with Gasteiger partial charge in [-0.25, -0.2) is 0 Å². The van der Waals surface area contributed by atoms with Crippen molar-refractivity contribution in [2.75, 3.05) is 23.9 Å². The Labute approximate surface area is 152 Å². The number of carbonyl (C=O) groups is 2. The normalized spacial score (nSPS) is 16.7. The molecule has 2 aromatic rings. The number of aromatic hydroxyl groups is 1. The van der Waals surface area contributed by atoms with Crippen LogP contribution in [0.25, 0.3) is 0 Å². The van der Waals surface area contributed by atoms with Crippen LogP contribution in [-0.2, 0) is 9.59 Å². The lowest BCUT2D eigenvalue weighted by Gasteiger charge is -2.20. The molecule has 1 aliphatic heterocycles. The van der Waals surface area contributed by atoms with Gasteiger partial charge in [-0.2, -0.15) is 0 Å². The maximum Gasteiger partial charge on any atom is 0.229 e. The maximum absolute atomic E-state index is 12.6. The average molecular weight is 354 g/mol. The van der Waals surface area contributed by atoms with Crippen LogP contribution in [0.15, 0.2) is 36.4 Å². The maximum atomic E-state index is 12.6. The molecule has 0 aromatic heterocycles. The molecule has 1 fully saturated rings. The lowest BCUT2D eigenvalue weighted by atomic mass is 10.1. The molecule has 6 heteroatoms. The zero-order chi connectivity index (χ0) is 18.8. The van der Waals surface area contributed by atoms with E-state index in [2.05, 4.69) is 5.32 Å². The molecule has 1 atom stereocenters. The number of ether oxygens (including phenoxy) is 1. The van der Waals surface area contributed by atoms with E-state index in [1.165, 1.54) is 6.07 Å². The minimum atomic E-state index is -0.444. The number of methoxy groups -OCH3 is 1. The summed E-state index contributed by atoms with van der Waals surface area (Å²) in [4.78, 5) is 26.7. The standard InChI is InChI=1S/C20H22N2O4/c1-12-4-7-18(26-3)17(8-12)22-11-14(10-19(22)24)20(25)21-16-6-5-15(23)9-13(16)2/h4-9,14,23H,10-11H2,1-3H3,(H,21,25). The van der Waals surface area contributed by atoms with Crippen molar-refractivity contribution in [1.82, 2.24) is 0 Å². The van der Waals surface area contributed by atoms with Crippen LogP contribution in [0.2, 0.25) is 0 Å². The number of hydrogen-bond donors (Lipinski definition) is 2. The van der Waals surface area contributed by atoms with Gasteiger partial charge in [-0.3, -0.25) is 9.59 Å². The van der Waals surface area contributed by atoms with Gasteiger partial charge < -0.3 is 20.1 Å². The van der Waals surface area contributed by atoms with E-state index >= 15 is 0 Å². The first-order valence-corrected chi connectivity index (χ1v) is 8.44. The Morgan fingerprint density at radius 1 is 1.23 bits per heavy atom. The molecule has 1 aliphatic rings. The SMILES string of the molecule is COc1ccc(C)cc1N1CC(C(=O)Nc2ccc(O)cc2C)CC1=O. The van der Waals surface area contributed by atoms with Gasteiger partial charge in [0.25, 0.3) is 0 Å². The largest absolute Gasteiger partial charge is 0.508 e. The highest BCUT2D eigenvalue weighted by atomic mass is 16.5. The highest BCUT2D eigenvalue weighted by molar-refractivity contribution is 6.04. The van der Waals surface area contributed by atoms with Crippen LogP contribution < -0.4 is 15.0 Å². The number of rotatable bonds is 4. The first kappa shape index (κ1) is 17.8. The molecular formula is C20H22N2O4. The quantitative estimate of drug-likeness (QED) is 0.828. The molecule has 1 saturated heterocycles. The summed E-state index contributed by atoms with van der Waals surface area (Å²) in [5, 5.41) is 12.3. The number of anilines is 2. The summed E-state index contributed by atoms with van der Waals surface area (Å²) in [7, 11) is 1.56. The fourth-order valence-corrected chi connectivity index (χ4v) is 3.15. The van der Waals surface area contributed by atoms with Crippen molar-refractivity contribution in [3.8, 4) is 11.5 Å². The predicted octanol–water partition coefficient (Wildman–Crippen LogP) is 3.01. The number of phenols is 1. The van der Waals surface area contributed by atoms with E-state index in [-0.39, 0.29) is 24.0 Å². The third-order valence-electron chi connectivity index (χ3n) is 4.59. The van der Waals surface area contributed by atoms with Gasteiger partial charge >= 0.3 is 0 Å². The van der Waals surface area contributed by atoms with Crippen LogP contribution in [0.4, 0.5) is 11.4 Å². The van der Waals surface area contributed by atoms with E-state index < -0.39 is 5.92 Å². The number of phenolic OH excluding ortho intramolecular Hbond substituents is 1. The van der Waals surface area contributed by atoms with Crippen molar-refractivity contribution in [2.24, 2.45) is 5.92 Å². The molecule has 136 valence electrons. The summed E-state index contributed by atoms with van der Waals surface area (Å²) in [6.45, 7) is 4.06. The molecular weight excluding hydrogens is 332 g/mol. The lowest BCUT2D eigenvalue weighted by molar-refractivity contribution is -0.122. The molecule has 2 amide bonds. The van der Waals surface area contributed by atoms with Crippen molar-refractivity contribution in [2.45, 2.75) is 20.3 Å². The number of nitrogens with one attached hydrogen (secondary N) is 1. The lowest BCUT2D eigenvalue weighted by Crippen LogP contribution is -2.28. The van der Waals surface area contributed by atoms with Crippen LogP contribution in [0.1, 0.15) is 17.5 Å². The van der Waals surface area contributed by atoms with Crippen LogP contribution in [0.5, 0.6) is 11.5 Å². The minimum absolute atomic E-state index is 0.100. The summed E-state index contributed by atoms with van der Waals surface area (Å²) in [6, 6.07) is 10.4. The zero-order valence-electron chi connectivity index (χ0n) is 15.1. The third-order valence-corrected chi connectivity index (χ3v) is 4.59. The second kappa shape index (κ2) is 7.07. The Balaban J connectivity index is 1.77. The second-order valence-corrected chi connectivity index (χ2v) is 6.57. The van der Waals surface area contributed by atoms with Gasteiger partial charge in [-0.1, -0.05) is 6.07 Å². The number of benzene rings is 2. The van der Waals surface area contributed by atoms with Crippen LogP contribution in [0, 0.1) is 19.8 Å². The van der Waals surface area contributed by atoms with Crippen LogP contribution in [-0.4, -0.2) is 30.6 Å². The van der Waals surface area contributed by atoms with Gasteiger partial charge in [0.05, 0.1) is 18.7 Å². The fraction of sp³-hybridized carbons (Fsp3) is 0.300. The topological polar surface area (TPSA) is 78.9 Å². The Bertz CT molecular complexity index is 863. The molecule has 0 radical (unpaired) electrons. The molecule has 26 heavy (non-hydrogen) atoms. The van der Waals surface area contributed by atoms with Crippen molar-refractivity contribution >= 4 is 23.2 Å². The smallest absolute Gasteiger partial charge is 0.229 e. The molecule has 0 aliphatic carbocycles. The fourth-order valence-electron chi connectivity index (χ4n) is 3.15. The highest BCUT2D eigenvalue weighted by Crippen LogP contribution is 2.34. The van der Waals surface area contributed by atoms with E-state index in [9.17, 15) is 14.7 Å². The van der Waals surface area contributed by atoms with E-state index in [0.29, 0.717) is 23.7 Å². The number of hydrogen-bond acceptors (Lipinski definition) is 4. The predicted molar refractivity (Wildman–Crippen MR) is 99.7 cm³/mol. The Kier molecular flexibility index (Phi) is 4.84.